The largest absolute Gasteiger partial charge is 0.306 e. The van der Waals surface area contributed by atoms with Crippen molar-refractivity contribution >= 4 is 21.4 Å². The average Bonchev–Trinajstić information content (AvgIpc) is 2.64. The van der Waals surface area contributed by atoms with Crippen molar-refractivity contribution in [3.8, 4) is 0 Å². The number of hydrogen-bond acceptors (Lipinski definition) is 4. The Morgan fingerprint density at radius 3 is 2.61 bits per heavy atom. The molecule has 0 radical (unpaired) electrons. The van der Waals surface area contributed by atoms with Gasteiger partial charge in [0.1, 0.15) is 0 Å². The highest BCUT2D eigenvalue weighted by atomic mass is 32.2. The maximum atomic E-state index is 12.0. The third-order valence-corrected chi connectivity index (χ3v) is 5.19. The molecule has 1 N–H and O–H groups in total. The van der Waals surface area contributed by atoms with Crippen LogP contribution in [0, 0.1) is 0 Å². The predicted molar refractivity (Wildman–Crippen MR) is 68.2 cm³/mol. The Morgan fingerprint density at radius 2 is 1.89 bits per heavy atom. The summed E-state index contributed by atoms with van der Waals surface area (Å²) in [6.07, 6.45) is 0. The van der Waals surface area contributed by atoms with E-state index < -0.39 is 9.84 Å². The van der Waals surface area contributed by atoms with Crippen molar-refractivity contribution in [3.05, 3.63) is 30.3 Å². The van der Waals surface area contributed by atoms with Gasteiger partial charge in [-0.25, -0.2) is 8.42 Å². The monoisotopic (exact) mass is 266 g/mol. The van der Waals surface area contributed by atoms with Gasteiger partial charge in [0.15, 0.2) is 9.84 Å². The van der Waals surface area contributed by atoms with E-state index in [-0.39, 0.29) is 36.0 Å². The van der Waals surface area contributed by atoms with Gasteiger partial charge < -0.3 is 10.2 Å². The number of para-hydroxylation sites is 1. The molecule has 2 aliphatic heterocycles. The number of hydrogen-bond donors (Lipinski definition) is 1. The first-order valence-corrected chi connectivity index (χ1v) is 7.70. The third kappa shape index (κ3) is 1.91. The summed E-state index contributed by atoms with van der Waals surface area (Å²) in [7, 11) is -3.05. The molecule has 2 aliphatic rings. The van der Waals surface area contributed by atoms with Crippen molar-refractivity contribution < 1.29 is 13.2 Å². The number of nitrogens with one attached hydrogen (secondary N) is 1. The normalized spacial score (nSPS) is 30.2. The van der Waals surface area contributed by atoms with Crippen molar-refractivity contribution in [1.82, 2.24) is 5.32 Å². The molecule has 0 bridgehead atoms. The van der Waals surface area contributed by atoms with Crippen molar-refractivity contribution in [2.75, 3.05) is 23.0 Å². The first kappa shape index (κ1) is 11.7. The molecule has 0 unspecified atom stereocenters. The Labute approximate surface area is 106 Å². The predicted octanol–water partition coefficient (Wildman–Crippen LogP) is -0.212. The zero-order valence-corrected chi connectivity index (χ0v) is 10.6. The van der Waals surface area contributed by atoms with Crippen LogP contribution in [-0.4, -0.2) is 44.5 Å². The van der Waals surface area contributed by atoms with Crippen LogP contribution in [0.5, 0.6) is 0 Å². The second kappa shape index (κ2) is 4.07. The van der Waals surface area contributed by atoms with E-state index in [4.69, 9.17) is 0 Å². The minimum Gasteiger partial charge on any atom is -0.306 e. The van der Waals surface area contributed by atoms with E-state index in [0.29, 0.717) is 0 Å². The van der Waals surface area contributed by atoms with Crippen LogP contribution >= 0.6 is 0 Å². The van der Waals surface area contributed by atoms with E-state index in [1.54, 1.807) is 4.90 Å². The lowest BCUT2D eigenvalue weighted by Gasteiger charge is -2.37. The molecule has 5 nitrogen and oxygen atoms in total. The van der Waals surface area contributed by atoms with E-state index in [1.165, 1.54) is 0 Å². The molecule has 2 fully saturated rings. The van der Waals surface area contributed by atoms with Crippen LogP contribution in [0.15, 0.2) is 30.3 Å². The maximum Gasteiger partial charge on any atom is 0.241 e. The molecule has 2 atom stereocenters. The minimum absolute atomic E-state index is 0.0469. The van der Waals surface area contributed by atoms with E-state index in [0.717, 1.165) is 5.69 Å². The summed E-state index contributed by atoms with van der Waals surface area (Å²) in [4.78, 5) is 13.6. The van der Waals surface area contributed by atoms with E-state index >= 15 is 0 Å². The number of carbonyl (C=O) groups is 1. The van der Waals surface area contributed by atoms with Gasteiger partial charge >= 0.3 is 0 Å². The van der Waals surface area contributed by atoms with Gasteiger partial charge in [0.05, 0.1) is 24.1 Å². The first-order chi connectivity index (χ1) is 8.57. The number of piperazine rings is 1. The molecule has 0 aromatic heterocycles. The fourth-order valence-electron chi connectivity index (χ4n) is 2.69. The molecular formula is C12H14N2O3S. The maximum absolute atomic E-state index is 12.0. The van der Waals surface area contributed by atoms with Crippen LogP contribution < -0.4 is 10.2 Å². The molecule has 0 spiro atoms. The van der Waals surface area contributed by atoms with Gasteiger partial charge in [-0.3, -0.25) is 4.79 Å². The Hall–Kier alpha value is -1.40. The Morgan fingerprint density at radius 1 is 1.17 bits per heavy atom. The highest BCUT2D eigenvalue weighted by Gasteiger charge is 2.45. The van der Waals surface area contributed by atoms with Crippen molar-refractivity contribution in [2.45, 2.75) is 12.1 Å². The first-order valence-electron chi connectivity index (χ1n) is 5.88. The van der Waals surface area contributed by atoms with E-state index in [9.17, 15) is 13.2 Å². The molecule has 18 heavy (non-hydrogen) atoms. The smallest absolute Gasteiger partial charge is 0.241 e. The summed E-state index contributed by atoms with van der Waals surface area (Å²) in [5.41, 5.74) is 0.774. The number of amides is 1. The third-order valence-electron chi connectivity index (χ3n) is 3.47. The summed E-state index contributed by atoms with van der Waals surface area (Å²) in [6, 6.07) is 8.83. The zero-order valence-electron chi connectivity index (χ0n) is 9.74. The number of sulfone groups is 1. The molecule has 2 saturated heterocycles. The lowest BCUT2D eigenvalue weighted by atomic mass is 10.1. The van der Waals surface area contributed by atoms with Gasteiger partial charge in [-0.15, -0.1) is 0 Å². The van der Waals surface area contributed by atoms with E-state index in [1.807, 2.05) is 30.3 Å². The number of fused-ring (bicyclic) bond motifs is 1. The molecule has 3 rings (SSSR count). The summed E-state index contributed by atoms with van der Waals surface area (Å²) in [5.74, 6) is 0.0964. The minimum atomic E-state index is -3.05. The molecule has 0 saturated carbocycles. The number of rotatable bonds is 1. The number of carbonyl (C=O) groups excluding carboxylic acids is 1. The highest BCUT2D eigenvalue weighted by Crippen LogP contribution is 2.27. The standard InChI is InChI=1S/C12H14N2O3S/c15-12-6-13-10-7-18(16,17)8-11(10)14(12)9-4-2-1-3-5-9/h1-5,10-11,13H,6-8H2/t10-,11+/m1/s1. The second-order valence-electron chi connectivity index (χ2n) is 4.73. The van der Waals surface area contributed by atoms with Crippen LogP contribution in [0.4, 0.5) is 5.69 Å². The van der Waals surface area contributed by atoms with Gasteiger partial charge in [0, 0.05) is 11.7 Å². The number of nitrogens with zero attached hydrogens (tertiary/aromatic N) is 1. The Balaban J connectivity index is 1.99. The zero-order chi connectivity index (χ0) is 12.8. The lowest BCUT2D eigenvalue weighted by Crippen LogP contribution is -2.60. The van der Waals surface area contributed by atoms with Crippen molar-refractivity contribution in [1.29, 1.82) is 0 Å². The fraction of sp³-hybridized carbons (Fsp3) is 0.417. The molecule has 1 aromatic rings. The van der Waals surface area contributed by atoms with Gasteiger partial charge in [0.25, 0.3) is 0 Å². The summed E-state index contributed by atoms with van der Waals surface area (Å²) in [6.45, 7) is 0.200. The SMILES string of the molecule is O=C1CN[C@@H]2CS(=O)(=O)C[C@@H]2N1c1ccccc1. The molecule has 6 heteroatoms. The highest BCUT2D eigenvalue weighted by molar-refractivity contribution is 7.91. The van der Waals surface area contributed by atoms with Crippen LogP contribution in [0.2, 0.25) is 0 Å². The Bertz CT molecular complexity index is 570. The van der Waals surface area contributed by atoms with Gasteiger partial charge in [-0.1, -0.05) is 18.2 Å². The van der Waals surface area contributed by atoms with Crippen molar-refractivity contribution in [2.24, 2.45) is 0 Å². The second-order valence-corrected chi connectivity index (χ2v) is 6.88. The van der Waals surface area contributed by atoms with Crippen LogP contribution in [0.1, 0.15) is 0 Å². The lowest BCUT2D eigenvalue weighted by molar-refractivity contribution is -0.119. The number of anilines is 1. The fourth-order valence-corrected chi connectivity index (χ4v) is 4.62. The van der Waals surface area contributed by atoms with E-state index in [2.05, 4.69) is 5.32 Å². The van der Waals surface area contributed by atoms with Crippen molar-refractivity contribution in [3.63, 3.8) is 0 Å². The van der Waals surface area contributed by atoms with Gasteiger partial charge in [-0.05, 0) is 12.1 Å². The van der Waals surface area contributed by atoms with Gasteiger partial charge in [-0.2, -0.15) is 0 Å². The summed E-state index contributed by atoms with van der Waals surface area (Å²) >= 11 is 0. The van der Waals surface area contributed by atoms with Crippen LogP contribution in [0.3, 0.4) is 0 Å². The molecule has 96 valence electrons. The molecule has 1 amide bonds. The summed E-state index contributed by atoms with van der Waals surface area (Å²) < 4.78 is 23.4. The van der Waals surface area contributed by atoms with Crippen LogP contribution in [-0.2, 0) is 14.6 Å². The van der Waals surface area contributed by atoms with Crippen LogP contribution in [0.25, 0.3) is 0 Å². The molecule has 2 heterocycles. The summed E-state index contributed by atoms with van der Waals surface area (Å²) in [5, 5.41) is 3.02. The quantitative estimate of drug-likeness (QED) is 0.764. The van der Waals surface area contributed by atoms with Gasteiger partial charge in [0.2, 0.25) is 5.91 Å². The average molecular weight is 266 g/mol. The number of benzene rings is 1. The molecule has 1 aromatic carbocycles. The molecule has 0 aliphatic carbocycles. The topological polar surface area (TPSA) is 66.5 Å². The molecular weight excluding hydrogens is 252 g/mol. The Kier molecular flexibility index (Phi) is 2.64.